The number of methoxy groups -OCH3 is 1. The van der Waals surface area contributed by atoms with Gasteiger partial charge in [-0.15, -0.1) is 0 Å². The number of ether oxygens (including phenoxy) is 1. The predicted octanol–water partition coefficient (Wildman–Crippen LogP) is 1.94. The summed E-state index contributed by atoms with van der Waals surface area (Å²) in [5.41, 5.74) is 1.01. The van der Waals surface area contributed by atoms with E-state index in [1.807, 2.05) is 35.2 Å². The van der Waals surface area contributed by atoms with Gasteiger partial charge in [0.25, 0.3) is 0 Å². The lowest BCUT2D eigenvalue weighted by molar-refractivity contribution is -0.132. The summed E-state index contributed by atoms with van der Waals surface area (Å²) in [6, 6.07) is 11.1. The average Bonchev–Trinajstić information content (AvgIpc) is 3.30. The van der Waals surface area contributed by atoms with Gasteiger partial charge in [0.15, 0.2) is 9.84 Å². The average molecular weight is 407 g/mol. The Morgan fingerprint density at radius 1 is 1.21 bits per heavy atom. The molecule has 8 heteroatoms. The van der Waals surface area contributed by atoms with Crippen LogP contribution in [-0.2, 0) is 27.7 Å². The lowest BCUT2D eigenvalue weighted by Crippen LogP contribution is -2.43. The molecule has 1 fully saturated rings. The third-order valence-corrected chi connectivity index (χ3v) is 6.76. The number of benzene rings is 1. The highest BCUT2D eigenvalue weighted by Crippen LogP contribution is 2.21. The second-order valence-electron chi connectivity index (χ2n) is 7.14. The topological polar surface area (TPSA) is 80.1 Å². The second kappa shape index (κ2) is 8.79. The molecule has 0 aliphatic carbocycles. The molecule has 7 nitrogen and oxygen atoms in total. The Labute approximate surface area is 165 Å². The van der Waals surface area contributed by atoms with Gasteiger partial charge in [0.05, 0.1) is 38.0 Å². The molecule has 1 saturated heterocycles. The van der Waals surface area contributed by atoms with E-state index in [0.717, 1.165) is 11.3 Å². The van der Waals surface area contributed by atoms with Gasteiger partial charge in [-0.2, -0.15) is 0 Å². The molecule has 1 aliphatic rings. The van der Waals surface area contributed by atoms with Gasteiger partial charge in [-0.3, -0.25) is 9.69 Å². The van der Waals surface area contributed by atoms with Crippen LogP contribution in [0.3, 0.4) is 0 Å². The Hall–Kier alpha value is -2.32. The van der Waals surface area contributed by atoms with Crippen molar-refractivity contribution in [2.45, 2.75) is 25.6 Å². The van der Waals surface area contributed by atoms with Gasteiger partial charge in [-0.1, -0.05) is 12.1 Å². The first kappa shape index (κ1) is 20.4. The summed E-state index contributed by atoms with van der Waals surface area (Å²) in [6.45, 7) is 1.04. The molecule has 1 amide bonds. The van der Waals surface area contributed by atoms with Crippen molar-refractivity contribution in [2.24, 2.45) is 0 Å². The molecule has 1 unspecified atom stereocenters. The van der Waals surface area contributed by atoms with Gasteiger partial charge in [-0.05, 0) is 36.2 Å². The fraction of sp³-hybridized carbons (Fsp3) is 0.450. The maximum Gasteiger partial charge on any atom is 0.236 e. The Morgan fingerprint density at radius 2 is 1.96 bits per heavy atom. The molecule has 2 heterocycles. The van der Waals surface area contributed by atoms with Crippen molar-refractivity contribution in [1.29, 1.82) is 0 Å². The van der Waals surface area contributed by atoms with Crippen LogP contribution in [0.4, 0.5) is 0 Å². The van der Waals surface area contributed by atoms with Gasteiger partial charge in [0.2, 0.25) is 5.91 Å². The highest BCUT2D eigenvalue weighted by atomic mass is 32.2. The lowest BCUT2D eigenvalue weighted by atomic mass is 10.1. The zero-order chi connectivity index (χ0) is 20.1. The van der Waals surface area contributed by atoms with E-state index < -0.39 is 9.84 Å². The van der Waals surface area contributed by atoms with Gasteiger partial charge in [0.1, 0.15) is 11.5 Å². The summed E-state index contributed by atoms with van der Waals surface area (Å²) < 4.78 is 34.4. The number of rotatable bonds is 8. The predicted molar refractivity (Wildman–Crippen MR) is 106 cm³/mol. The number of hydrogen-bond acceptors (Lipinski definition) is 6. The van der Waals surface area contributed by atoms with Crippen molar-refractivity contribution < 1.29 is 22.4 Å². The van der Waals surface area contributed by atoms with E-state index in [1.54, 1.807) is 31.4 Å². The maximum absolute atomic E-state index is 12.8. The maximum atomic E-state index is 12.8. The van der Waals surface area contributed by atoms with E-state index in [9.17, 15) is 13.2 Å². The molecule has 0 radical (unpaired) electrons. The van der Waals surface area contributed by atoms with Crippen molar-refractivity contribution in [1.82, 2.24) is 9.80 Å². The molecule has 2 aromatic rings. The van der Waals surface area contributed by atoms with Gasteiger partial charge < -0.3 is 14.1 Å². The minimum atomic E-state index is -3.04. The molecular weight excluding hydrogens is 380 g/mol. The molecule has 1 aromatic heterocycles. The summed E-state index contributed by atoms with van der Waals surface area (Å²) in [5.74, 6) is 1.66. The van der Waals surface area contributed by atoms with E-state index in [2.05, 4.69) is 0 Å². The summed E-state index contributed by atoms with van der Waals surface area (Å²) in [6.07, 6.45) is 2.13. The molecule has 3 rings (SSSR count). The van der Waals surface area contributed by atoms with Crippen molar-refractivity contribution in [3.05, 3.63) is 54.0 Å². The van der Waals surface area contributed by atoms with Crippen LogP contribution in [0, 0.1) is 0 Å². The van der Waals surface area contributed by atoms with Crippen LogP contribution in [0.1, 0.15) is 17.7 Å². The number of sulfone groups is 1. The number of amides is 1. The smallest absolute Gasteiger partial charge is 0.236 e. The Morgan fingerprint density at radius 3 is 2.54 bits per heavy atom. The number of likely N-dealkylation sites (N-methyl/N-ethyl adjacent to an activating group) is 1. The molecule has 0 N–H and O–H groups in total. The minimum Gasteiger partial charge on any atom is -0.497 e. The largest absolute Gasteiger partial charge is 0.497 e. The van der Waals surface area contributed by atoms with Crippen molar-refractivity contribution in [3.8, 4) is 5.75 Å². The Kier molecular flexibility index (Phi) is 6.41. The summed E-state index contributed by atoms with van der Waals surface area (Å²) in [4.78, 5) is 16.3. The van der Waals surface area contributed by atoms with Gasteiger partial charge in [0, 0.05) is 19.6 Å². The van der Waals surface area contributed by atoms with Crippen LogP contribution in [-0.4, -0.2) is 62.4 Å². The minimum absolute atomic E-state index is 0.0748. The monoisotopic (exact) mass is 406 g/mol. The van der Waals surface area contributed by atoms with Crippen molar-refractivity contribution in [2.75, 3.05) is 32.2 Å². The molecule has 28 heavy (non-hydrogen) atoms. The van der Waals surface area contributed by atoms with Crippen LogP contribution in [0.15, 0.2) is 47.1 Å². The summed E-state index contributed by atoms with van der Waals surface area (Å²) in [5, 5.41) is 0. The van der Waals surface area contributed by atoms with E-state index in [-0.39, 0.29) is 30.0 Å². The zero-order valence-corrected chi connectivity index (χ0v) is 17.0. The van der Waals surface area contributed by atoms with Crippen LogP contribution in [0.25, 0.3) is 0 Å². The van der Waals surface area contributed by atoms with Crippen molar-refractivity contribution in [3.63, 3.8) is 0 Å². The van der Waals surface area contributed by atoms with Gasteiger partial charge >= 0.3 is 0 Å². The quantitative estimate of drug-likeness (QED) is 0.667. The zero-order valence-electron chi connectivity index (χ0n) is 16.2. The van der Waals surface area contributed by atoms with E-state index in [1.165, 1.54) is 0 Å². The first-order chi connectivity index (χ1) is 13.4. The third-order valence-electron chi connectivity index (χ3n) is 5.01. The van der Waals surface area contributed by atoms with Crippen LogP contribution < -0.4 is 4.74 Å². The molecular formula is C20H26N2O5S. The molecule has 0 spiro atoms. The SMILES string of the molecule is COc1ccc(CN(CC(=O)N(C)Cc2ccco2)C2CCS(=O)(=O)C2)cc1. The fourth-order valence-electron chi connectivity index (χ4n) is 3.36. The molecule has 152 valence electrons. The number of nitrogens with zero attached hydrogens (tertiary/aromatic N) is 2. The molecule has 0 saturated carbocycles. The fourth-order valence-corrected chi connectivity index (χ4v) is 5.12. The third kappa shape index (κ3) is 5.36. The molecule has 1 aliphatic heterocycles. The van der Waals surface area contributed by atoms with Crippen LogP contribution in [0.5, 0.6) is 5.75 Å². The molecule has 1 atom stereocenters. The Bertz CT molecular complexity index is 878. The first-order valence-corrected chi connectivity index (χ1v) is 11.0. The highest BCUT2D eigenvalue weighted by molar-refractivity contribution is 7.91. The Balaban J connectivity index is 1.70. The second-order valence-corrected chi connectivity index (χ2v) is 9.37. The summed E-state index contributed by atoms with van der Waals surface area (Å²) in [7, 11) is 0.291. The van der Waals surface area contributed by atoms with Gasteiger partial charge in [-0.25, -0.2) is 8.42 Å². The normalized spacial score (nSPS) is 18.3. The number of hydrogen-bond donors (Lipinski definition) is 0. The van der Waals surface area contributed by atoms with Crippen molar-refractivity contribution >= 4 is 15.7 Å². The van der Waals surface area contributed by atoms with E-state index >= 15 is 0 Å². The lowest BCUT2D eigenvalue weighted by Gasteiger charge is -2.29. The summed E-state index contributed by atoms with van der Waals surface area (Å²) >= 11 is 0. The van der Waals surface area contributed by atoms with Crippen LogP contribution in [0.2, 0.25) is 0 Å². The number of carbonyl (C=O) groups excluding carboxylic acids is 1. The first-order valence-electron chi connectivity index (χ1n) is 9.20. The number of furan rings is 1. The standard InChI is InChI=1S/C20H26N2O5S/c1-21(13-19-4-3-10-27-19)20(23)14-22(17-9-11-28(24,25)15-17)12-16-5-7-18(26-2)8-6-16/h3-8,10,17H,9,11-15H2,1-2H3. The van der Waals surface area contributed by atoms with Crippen LogP contribution >= 0.6 is 0 Å². The molecule has 1 aromatic carbocycles. The molecule has 0 bridgehead atoms. The van der Waals surface area contributed by atoms with E-state index in [0.29, 0.717) is 25.3 Å². The number of carbonyl (C=O) groups is 1. The highest BCUT2D eigenvalue weighted by Gasteiger charge is 2.33. The van der Waals surface area contributed by atoms with E-state index in [4.69, 9.17) is 9.15 Å².